The summed E-state index contributed by atoms with van der Waals surface area (Å²) in [6.45, 7) is 6.23. The molecule has 0 aliphatic carbocycles. The number of hydrogen-bond donors (Lipinski definition) is 2. The Morgan fingerprint density at radius 2 is 2.00 bits per heavy atom. The number of nitrogens with one attached hydrogen (secondary N) is 1. The largest absolute Gasteiger partial charge is 0.389 e. The van der Waals surface area contributed by atoms with Crippen LogP contribution in [-0.2, 0) is 0 Å². The predicted octanol–water partition coefficient (Wildman–Crippen LogP) is 2.45. The highest BCUT2D eigenvalue weighted by Crippen LogP contribution is 2.15. The van der Waals surface area contributed by atoms with Gasteiger partial charge in [-0.15, -0.1) is 0 Å². The van der Waals surface area contributed by atoms with Gasteiger partial charge in [0.15, 0.2) is 0 Å². The average Bonchev–Trinajstić information content (AvgIpc) is 2.01. The van der Waals surface area contributed by atoms with Crippen molar-refractivity contribution in [2.24, 2.45) is 5.73 Å². The number of aryl methyl sites for hydroxylation is 1. The molecule has 1 aromatic carbocycles. The zero-order valence-corrected chi connectivity index (χ0v) is 9.61. The molecule has 0 heterocycles. The number of anilines is 1. The first-order valence-electron chi connectivity index (χ1n) is 4.67. The van der Waals surface area contributed by atoms with E-state index in [4.69, 9.17) is 18.0 Å². The summed E-state index contributed by atoms with van der Waals surface area (Å²) in [5.41, 5.74) is 8.74. The molecule has 3 N–H and O–H groups in total. The Bertz CT molecular complexity index is 345. The first-order valence-corrected chi connectivity index (χ1v) is 5.08. The molecule has 76 valence electrons. The van der Waals surface area contributed by atoms with Gasteiger partial charge in [-0.3, -0.25) is 0 Å². The van der Waals surface area contributed by atoms with E-state index in [0.29, 0.717) is 11.0 Å². The predicted molar refractivity (Wildman–Crippen MR) is 65.8 cm³/mol. The zero-order chi connectivity index (χ0) is 10.7. The molecule has 1 rings (SSSR count). The Hall–Kier alpha value is -1.09. The molecular weight excluding hydrogens is 192 g/mol. The van der Waals surface area contributed by atoms with Gasteiger partial charge in [0.05, 0.1) is 0 Å². The monoisotopic (exact) mass is 208 g/mol. The Morgan fingerprint density at radius 3 is 2.50 bits per heavy atom. The van der Waals surface area contributed by atoms with E-state index in [1.165, 1.54) is 5.56 Å². The molecule has 2 nitrogen and oxygen atoms in total. The quantitative estimate of drug-likeness (QED) is 0.749. The van der Waals surface area contributed by atoms with Crippen LogP contribution >= 0.6 is 12.2 Å². The molecule has 0 aromatic heterocycles. The van der Waals surface area contributed by atoms with E-state index in [0.717, 1.165) is 11.3 Å². The van der Waals surface area contributed by atoms with Gasteiger partial charge in [-0.25, -0.2) is 0 Å². The summed E-state index contributed by atoms with van der Waals surface area (Å²) in [6.07, 6.45) is 0. The lowest BCUT2D eigenvalue weighted by Crippen LogP contribution is -2.13. The molecule has 0 radical (unpaired) electrons. The van der Waals surface area contributed by atoms with Crippen molar-refractivity contribution in [3.05, 3.63) is 29.3 Å². The summed E-state index contributed by atoms with van der Waals surface area (Å²) in [5, 5.41) is 3.33. The highest BCUT2D eigenvalue weighted by molar-refractivity contribution is 7.80. The molecule has 3 heteroatoms. The van der Waals surface area contributed by atoms with Crippen LogP contribution in [0.4, 0.5) is 5.69 Å². The molecule has 0 spiro atoms. The lowest BCUT2D eigenvalue weighted by molar-refractivity contribution is 0.899. The van der Waals surface area contributed by atoms with Gasteiger partial charge in [-0.05, 0) is 44.5 Å². The minimum absolute atomic E-state index is 0.413. The fourth-order valence-corrected chi connectivity index (χ4v) is 1.46. The molecule has 0 amide bonds. The summed E-state index contributed by atoms with van der Waals surface area (Å²) in [4.78, 5) is 0.445. The summed E-state index contributed by atoms with van der Waals surface area (Å²) in [7, 11) is 0. The number of benzene rings is 1. The third-order valence-corrected chi connectivity index (χ3v) is 2.05. The van der Waals surface area contributed by atoms with Crippen LogP contribution < -0.4 is 11.1 Å². The van der Waals surface area contributed by atoms with E-state index in [9.17, 15) is 0 Å². The lowest BCUT2D eigenvalue weighted by Gasteiger charge is -2.12. The maximum atomic E-state index is 5.59. The fraction of sp³-hybridized carbons (Fsp3) is 0.364. The summed E-state index contributed by atoms with van der Waals surface area (Å²) >= 11 is 4.94. The van der Waals surface area contributed by atoms with E-state index < -0.39 is 0 Å². The lowest BCUT2D eigenvalue weighted by atomic mass is 10.1. The normalized spacial score (nSPS) is 10.3. The second-order valence-corrected chi connectivity index (χ2v) is 4.19. The average molecular weight is 208 g/mol. The van der Waals surface area contributed by atoms with Crippen molar-refractivity contribution < 1.29 is 0 Å². The third kappa shape index (κ3) is 3.00. The molecule has 0 saturated carbocycles. The Labute approximate surface area is 90.5 Å². The third-order valence-electron chi connectivity index (χ3n) is 1.82. The van der Waals surface area contributed by atoms with Crippen LogP contribution in [0.5, 0.6) is 0 Å². The van der Waals surface area contributed by atoms with Gasteiger partial charge in [0, 0.05) is 17.3 Å². The number of hydrogen-bond acceptors (Lipinski definition) is 2. The van der Waals surface area contributed by atoms with Gasteiger partial charge in [-0.1, -0.05) is 12.2 Å². The molecule has 0 aliphatic rings. The van der Waals surface area contributed by atoms with Crippen LogP contribution in [0, 0.1) is 6.92 Å². The van der Waals surface area contributed by atoms with Crippen LogP contribution in [0.25, 0.3) is 0 Å². The van der Waals surface area contributed by atoms with Crippen molar-refractivity contribution in [3.8, 4) is 0 Å². The van der Waals surface area contributed by atoms with E-state index >= 15 is 0 Å². The van der Waals surface area contributed by atoms with E-state index in [-0.39, 0.29) is 0 Å². The highest BCUT2D eigenvalue weighted by Gasteiger charge is 2.01. The second-order valence-electron chi connectivity index (χ2n) is 3.75. The van der Waals surface area contributed by atoms with Crippen molar-refractivity contribution in [2.45, 2.75) is 26.8 Å². The smallest absolute Gasteiger partial charge is 0.104 e. The van der Waals surface area contributed by atoms with Crippen LogP contribution in [-0.4, -0.2) is 11.0 Å². The summed E-state index contributed by atoms with van der Waals surface area (Å²) < 4.78 is 0. The van der Waals surface area contributed by atoms with Gasteiger partial charge < -0.3 is 11.1 Å². The van der Waals surface area contributed by atoms with E-state index in [1.54, 1.807) is 0 Å². The minimum Gasteiger partial charge on any atom is -0.389 e. The number of nitrogens with two attached hydrogens (primary N) is 1. The first kappa shape index (κ1) is 11.0. The number of rotatable bonds is 3. The van der Waals surface area contributed by atoms with Crippen molar-refractivity contribution >= 4 is 22.9 Å². The maximum Gasteiger partial charge on any atom is 0.104 e. The van der Waals surface area contributed by atoms with Gasteiger partial charge in [0.1, 0.15) is 4.99 Å². The molecule has 0 saturated heterocycles. The van der Waals surface area contributed by atoms with Gasteiger partial charge in [0.2, 0.25) is 0 Å². The van der Waals surface area contributed by atoms with Crippen LogP contribution in [0.2, 0.25) is 0 Å². The highest BCUT2D eigenvalue weighted by atomic mass is 32.1. The number of thiocarbonyl (C=S) groups is 1. The van der Waals surface area contributed by atoms with Crippen molar-refractivity contribution in [3.63, 3.8) is 0 Å². The molecule has 0 bridgehead atoms. The molecule has 0 unspecified atom stereocenters. The van der Waals surface area contributed by atoms with Gasteiger partial charge in [-0.2, -0.15) is 0 Å². The van der Waals surface area contributed by atoms with Crippen LogP contribution in [0.3, 0.4) is 0 Å². The Kier molecular flexibility index (Phi) is 3.47. The zero-order valence-electron chi connectivity index (χ0n) is 8.79. The molecule has 1 aromatic rings. The van der Waals surface area contributed by atoms with Crippen molar-refractivity contribution in [2.75, 3.05) is 5.32 Å². The van der Waals surface area contributed by atoms with Crippen molar-refractivity contribution in [1.82, 2.24) is 0 Å². The Morgan fingerprint density at radius 1 is 1.36 bits per heavy atom. The fourth-order valence-electron chi connectivity index (χ4n) is 1.34. The van der Waals surface area contributed by atoms with E-state index in [2.05, 4.69) is 25.2 Å². The SMILES string of the molecule is Cc1cc(NC(C)C)cc(C(N)=S)c1. The molecule has 14 heavy (non-hydrogen) atoms. The van der Waals surface area contributed by atoms with Crippen LogP contribution in [0.1, 0.15) is 25.0 Å². The van der Waals surface area contributed by atoms with Gasteiger partial charge >= 0.3 is 0 Å². The van der Waals surface area contributed by atoms with E-state index in [1.807, 2.05) is 19.1 Å². The molecule has 0 atom stereocenters. The molecule has 0 fully saturated rings. The summed E-state index contributed by atoms with van der Waals surface area (Å²) in [5.74, 6) is 0. The maximum absolute atomic E-state index is 5.59. The van der Waals surface area contributed by atoms with Gasteiger partial charge in [0.25, 0.3) is 0 Å². The molecule has 0 aliphatic heterocycles. The first-order chi connectivity index (χ1) is 6.49. The summed E-state index contributed by atoms with van der Waals surface area (Å²) in [6, 6.07) is 6.47. The topological polar surface area (TPSA) is 38.0 Å². The minimum atomic E-state index is 0.413. The Balaban J connectivity index is 3.01. The molecular formula is C11H16N2S. The second kappa shape index (κ2) is 4.42. The standard InChI is InChI=1S/C11H16N2S/c1-7(2)13-10-5-8(3)4-9(6-10)11(12)14/h4-7,13H,1-3H3,(H2,12,14). The van der Waals surface area contributed by atoms with Crippen LogP contribution in [0.15, 0.2) is 18.2 Å². The van der Waals surface area contributed by atoms with Crippen molar-refractivity contribution in [1.29, 1.82) is 0 Å².